The highest BCUT2D eigenvalue weighted by molar-refractivity contribution is 6.73. The van der Waals surface area contributed by atoms with Crippen LogP contribution in [0.2, 0.25) is 0 Å². The van der Waals surface area contributed by atoms with E-state index >= 15 is 0 Å². The van der Waals surface area contributed by atoms with Crippen molar-refractivity contribution < 1.29 is 17.7 Å². The zero-order valence-electron chi connectivity index (χ0n) is 8.38. The summed E-state index contributed by atoms with van der Waals surface area (Å²) in [5.41, 5.74) is -0.695. The largest absolute Gasteiger partial charge is 0.509 e. The van der Waals surface area contributed by atoms with E-state index in [1.165, 1.54) is 31.1 Å². The molecule has 0 bridgehead atoms. The molecule has 0 aromatic heterocycles. The lowest BCUT2D eigenvalue weighted by atomic mass is 9.79. The molecule has 0 atom stereocenters. The number of amides is 1. The topological polar surface area (TPSA) is 20.3 Å². The van der Waals surface area contributed by atoms with Gasteiger partial charge < -0.3 is 17.8 Å². The second kappa shape index (κ2) is 3.96. The second-order valence-electron chi connectivity index (χ2n) is 3.40. The molecule has 0 fully saturated rings. The highest BCUT2D eigenvalue weighted by atomic mass is 19.4. The average Bonchev–Trinajstić information content (AvgIpc) is 2.15. The van der Waals surface area contributed by atoms with Gasteiger partial charge in [-0.2, -0.15) is 0 Å². The number of benzene rings is 1. The van der Waals surface area contributed by atoms with Gasteiger partial charge in [-0.1, -0.05) is 18.2 Å². The van der Waals surface area contributed by atoms with Gasteiger partial charge in [0.05, 0.1) is 0 Å². The van der Waals surface area contributed by atoms with Crippen LogP contribution < -0.4 is 5.46 Å². The van der Waals surface area contributed by atoms with Crippen LogP contribution in [0.1, 0.15) is 10.4 Å². The van der Waals surface area contributed by atoms with E-state index < -0.39 is 18.3 Å². The summed E-state index contributed by atoms with van der Waals surface area (Å²) in [4.78, 5) is 12.6. The van der Waals surface area contributed by atoms with Gasteiger partial charge in [-0.3, -0.25) is 4.79 Å². The number of hydrogen-bond acceptors (Lipinski definition) is 1. The summed E-state index contributed by atoms with van der Waals surface area (Å²) < 4.78 is 37.1. The summed E-state index contributed by atoms with van der Waals surface area (Å²) in [6.07, 6.45) is 0. The van der Waals surface area contributed by atoms with Crippen LogP contribution in [0, 0.1) is 0 Å². The molecule has 82 valence electrons. The van der Waals surface area contributed by atoms with Crippen LogP contribution >= 0.6 is 0 Å². The third kappa shape index (κ3) is 2.74. The quantitative estimate of drug-likeness (QED) is 0.685. The molecule has 0 saturated heterocycles. The van der Waals surface area contributed by atoms with Crippen molar-refractivity contribution >= 4 is 18.3 Å². The molecule has 0 aliphatic rings. The van der Waals surface area contributed by atoms with E-state index in [1.54, 1.807) is 0 Å². The Bertz CT molecular complexity index is 376. The molecule has 15 heavy (non-hydrogen) atoms. The number of nitrogens with zero attached hydrogens (tertiary/aromatic N) is 1. The fourth-order valence-electron chi connectivity index (χ4n) is 1.13. The van der Waals surface area contributed by atoms with E-state index in [-0.39, 0.29) is 5.56 Å². The molecule has 1 amide bonds. The Labute approximate surface area is 85.8 Å². The Hall–Kier alpha value is -1.46. The normalized spacial score (nSPS) is 11.3. The SMILES string of the molecule is CN(C)C(=O)c1cccc([B-](F)(F)F)c1. The maximum absolute atomic E-state index is 12.4. The summed E-state index contributed by atoms with van der Waals surface area (Å²) in [6, 6.07) is 4.45. The fraction of sp³-hybridized carbons (Fsp3) is 0.222. The van der Waals surface area contributed by atoms with Crippen molar-refractivity contribution in [2.45, 2.75) is 0 Å². The van der Waals surface area contributed by atoms with Crippen molar-refractivity contribution in [1.82, 2.24) is 4.90 Å². The molecular formula is C9H10BF3NO-. The van der Waals surface area contributed by atoms with Crippen molar-refractivity contribution in [3.8, 4) is 0 Å². The van der Waals surface area contributed by atoms with Crippen molar-refractivity contribution in [1.29, 1.82) is 0 Å². The van der Waals surface area contributed by atoms with Gasteiger partial charge in [0.1, 0.15) is 0 Å². The highest BCUT2D eigenvalue weighted by Gasteiger charge is 2.26. The lowest BCUT2D eigenvalue weighted by molar-refractivity contribution is 0.0827. The van der Waals surface area contributed by atoms with Crippen LogP contribution in [0.25, 0.3) is 0 Å². The third-order valence-electron chi connectivity index (χ3n) is 1.92. The first-order valence-corrected chi connectivity index (χ1v) is 4.34. The van der Waals surface area contributed by atoms with Crippen LogP contribution in [0.4, 0.5) is 12.9 Å². The molecule has 6 heteroatoms. The van der Waals surface area contributed by atoms with E-state index in [0.29, 0.717) is 0 Å². The number of carbonyl (C=O) groups excluding carboxylic acids is 1. The minimum absolute atomic E-state index is 0.0525. The number of carbonyl (C=O) groups is 1. The molecule has 0 spiro atoms. The lowest BCUT2D eigenvalue weighted by Gasteiger charge is -2.16. The number of hydrogen-bond donors (Lipinski definition) is 0. The summed E-state index contributed by atoms with van der Waals surface area (Å²) in [5.74, 6) is -0.433. The van der Waals surface area contributed by atoms with Gasteiger partial charge in [-0.05, 0) is 6.07 Å². The van der Waals surface area contributed by atoms with Gasteiger partial charge in [0.15, 0.2) is 0 Å². The van der Waals surface area contributed by atoms with Gasteiger partial charge in [0, 0.05) is 19.7 Å². The molecule has 1 aromatic rings. The van der Waals surface area contributed by atoms with Gasteiger partial charge in [-0.25, -0.2) is 0 Å². The minimum Gasteiger partial charge on any atom is -0.445 e. The summed E-state index contributed by atoms with van der Waals surface area (Å²) >= 11 is 0. The first-order chi connectivity index (χ1) is 6.82. The molecule has 0 unspecified atom stereocenters. The standard InChI is InChI=1S/C9H10BF3NO/c1-14(2)9(15)7-4-3-5-8(6-7)10(11,12)13/h3-6H,1-2H3/q-1. The third-order valence-corrected chi connectivity index (χ3v) is 1.92. The number of rotatable bonds is 2. The Morgan fingerprint density at radius 2 is 1.87 bits per heavy atom. The Morgan fingerprint density at radius 3 is 2.33 bits per heavy atom. The maximum atomic E-state index is 12.4. The van der Waals surface area contributed by atoms with E-state index in [1.807, 2.05) is 0 Å². The summed E-state index contributed by atoms with van der Waals surface area (Å²) in [7, 11) is 2.99. The lowest BCUT2D eigenvalue weighted by Crippen LogP contribution is -2.35. The monoisotopic (exact) mass is 216 g/mol. The minimum atomic E-state index is -5.04. The molecular weight excluding hydrogens is 206 g/mol. The Morgan fingerprint density at radius 1 is 1.27 bits per heavy atom. The first-order valence-electron chi connectivity index (χ1n) is 4.34. The highest BCUT2D eigenvalue weighted by Crippen LogP contribution is 2.10. The zero-order chi connectivity index (χ0) is 11.6. The Kier molecular flexibility index (Phi) is 3.07. The van der Waals surface area contributed by atoms with Crippen molar-refractivity contribution in [3.05, 3.63) is 29.8 Å². The molecule has 1 rings (SSSR count). The molecule has 2 nitrogen and oxygen atoms in total. The number of halogens is 3. The van der Waals surface area contributed by atoms with E-state index in [9.17, 15) is 17.7 Å². The van der Waals surface area contributed by atoms with E-state index in [0.717, 1.165) is 12.1 Å². The maximum Gasteiger partial charge on any atom is 0.509 e. The Balaban J connectivity index is 3.09. The van der Waals surface area contributed by atoms with Gasteiger partial charge in [-0.15, -0.1) is 5.46 Å². The van der Waals surface area contributed by atoms with Gasteiger partial charge in [0.25, 0.3) is 5.91 Å². The molecule has 0 aliphatic carbocycles. The fourth-order valence-corrected chi connectivity index (χ4v) is 1.13. The van der Waals surface area contributed by atoms with Gasteiger partial charge >= 0.3 is 6.98 Å². The summed E-state index contributed by atoms with van der Waals surface area (Å²) in [5, 5.41) is 0. The molecule has 0 radical (unpaired) electrons. The van der Waals surface area contributed by atoms with Crippen LogP contribution in [0.15, 0.2) is 24.3 Å². The molecule has 1 aromatic carbocycles. The first kappa shape index (κ1) is 11.6. The van der Waals surface area contributed by atoms with Crippen molar-refractivity contribution in [2.24, 2.45) is 0 Å². The van der Waals surface area contributed by atoms with Crippen molar-refractivity contribution in [3.63, 3.8) is 0 Å². The predicted octanol–water partition coefficient (Wildman–Crippen LogP) is 1.44. The molecule has 0 N–H and O–H groups in total. The molecule has 0 aliphatic heterocycles. The van der Waals surface area contributed by atoms with Crippen LogP contribution in [-0.4, -0.2) is 31.9 Å². The van der Waals surface area contributed by atoms with E-state index in [4.69, 9.17) is 0 Å². The summed E-state index contributed by atoms with van der Waals surface area (Å²) in [6.45, 7) is -5.04. The van der Waals surface area contributed by atoms with Crippen LogP contribution in [0.5, 0.6) is 0 Å². The predicted molar refractivity (Wildman–Crippen MR) is 53.2 cm³/mol. The van der Waals surface area contributed by atoms with Crippen molar-refractivity contribution in [2.75, 3.05) is 14.1 Å². The smallest absolute Gasteiger partial charge is 0.445 e. The molecule has 0 saturated carbocycles. The van der Waals surface area contributed by atoms with Crippen LogP contribution in [-0.2, 0) is 0 Å². The molecule has 0 heterocycles. The van der Waals surface area contributed by atoms with Crippen LogP contribution in [0.3, 0.4) is 0 Å². The van der Waals surface area contributed by atoms with Gasteiger partial charge in [0.2, 0.25) is 0 Å². The van der Waals surface area contributed by atoms with E-state index in [2.05, 4.69) is 0 Å². The average molecular weight is 216 g/mol. The second-order valence-corrected chi connectivity index (χ2v) is 3.40. The zero-order valence-corrected chi connectivity index (χ0v) is 8.38.